The van der Waals surface area contributed by atoms with Crippen LogP contribution >= 0.6 is 23.4 Å². The Bertz CT molecular complexity index is 1010. The van der Waals surface area contributed by atoms with E-state index < -0.39 is 0 Å². The molecule has 0 radical (unpaired) electrons. The molecule has 1 atom stereocenters. The van der Waals surface area contributed by atoms with Crippen LogP contribution in [0.3, 0.4) is 0 Å². The Hall–Kier alpha value is -1.91. The fraction of sp³-hybridized carbons (Fsp3) is 0.348. The van der Waals surface area contributed by atoms with Gasteiger partial charge < -0.3 is 9.30 Å². The Labute approximate surface area is 175 Å². The molecule has 0 amide bonds. The number of ether oxygens (including phenoxy) is 1. The number of aromatic nitrogens is 1. The van der Waals surface area contributed by atoms with Gasteiger partial charge in [-0.2, -0.15) is 0 Å². The van der Waals surface area contributed by atoms with Gasteiger partial charge in [0.05, 0.1) is 19.0 Å². The van der Waals surface area contributed by atoms with Gasteiger partial charge in [0, 0.05) is 33.5 Å². The number of thioether (sulfide) groups is 1. The van der Waals surface area contributed by atoms with Crippen LogP contribution in [0.15, 0.2) is 47.4 Å². The first-order valence-corrected chi connectivity index (χ1v) is 11.2. The van der Waals surface area contributed by atoms with Gasteiger partial charge in [0.15, 0.2) is 0 Å². The average molecular weight is 414 g/mol. The van der Waals surface area contributed by atoms with Crippen LogP contribution in [0.25, 0.3) is 10.9 Å². The van der Waals surface area contributed by atoms with Crippen LogP contribution in [0.1, 0.15) is 42.0 Å². The number of benzene rings is 2. The summed E-state index contributed by atoms with van der Waals surface area (Å²) < 4.78 is 7.43. The zero-order valence-electron chi connectivity index (χ0n) is 16.2. The Morgan fingerprint density at radius 1 is 1.25 bits per heavy atom. The summed E-state index contributed by atoms with van der Waals surface area (Å²) in [4.78, 5) is 13.4. The van der Waals surface area contributed by atoms with Crippen LogP contribution in [0.2, 0.25) is 5.02 Å². The standard InChI is InChI=1S/C23H24ClNO2S/c1-27-21(26)13-16-5-3-6-18-19-7-4-8-20(28-2)23(19)25(22(16)18)14-15-9-11-17(24)12-10-15/h4,7-12,16H,3,5-6,13-14H2,1-2H3. The van der Waals surface area contributed by atoms with Crippen molar-refractivity contribution >= 4 is 40.2 Å². The molecule has 1 aliphatic rings. The second kappa shape index (κ2) is 8.22. The van der Waals surface area contributed by atoms with Crippen molar-refractivity contribution in [3.05, 3.63) is 64.3 Å². The number of aryl methyl sites for hydroxylation is 1. The molecule has 4 rings (SSSR count). The van der Waals surface area contributed by atoms with E-state index in [1.807, 2.05) is 12.1 Å². The summed E-state index contributed by atoms with van der Waals surface area (Å²) in [6.07, 6.45) is 5.76. The maximum Gasteiger partial charge on any atom is 0.306 e. The first kappa shape index (κ1) is 19.4. The number of hydrogen-bond donors (Lipinski definition) is 0. The van der Waals surface area contributed by atoms with Gasteiger partial charge in [0.1, 0.15) is 0 Å². The van der Waals surface area contributed by atoms with Crippen molar-refractivity contribution in [3.63, 3.8) is 0 Å². The molecule has 1 heterocycles. The number of esters is 1. The predicted molar refractivity (Wildman–Crippen MR) is 117 cm³/mol. The number of hydrogen-bond acceptors (Lipinski definition) is 3. The van der Waals surface area contributed by atoms with Crippen molar-refractivity contribution < 1.29 is 9.53 Å². The molecule has 28 heavy (non-hydrogen) atoms. The summed E-state index contributed by atoms with van der Waals surface area (Å²) in [6.45, 7) is 0.776. The number of rotatable bonds is 5. The van der Waals surface area contributed by atoms with Crippen molar-refractivity contribution in [2.24, 2.45) is 0 Å². The minimum Gasteiger partial charge on any atom is -0.469 e. The molecule has 3 aromatic rings. The lowest BCUT2D eigenvalue weighted by molar-refractivity contribution is -0.141. The maximum absolute atomic E-state index is 12.1. The molecule has 2 aromatic carbocycles. The van der Waals surface area contributed by atoms with Crippen LogP contribution in [-0.2, 0) is 22.5 Å². The molecule has 1 aliphatic carbocycles. The third-order valence-corrected chi connectivity index (χ3v) is 6.70. The third-order valence-electron chi connectivity index (χ3n) is 5.67. The van der Waals surface area contributed by atoms with Gasteiger partial charge >= 0.3 is 5.97 Å². The van der Waals surface area contributed by atoms with E-state index in [0.29, 0.717) is 6.42 Å². The monoisotopic (exact) mass is 413 g/mol. The Balaban J connectivity index is 1.90. The topological polar surface area (TPSA) is 31.2 Å². The van der Waals surface area contributed by atoms with Crippen LogP contribution < -0.4 is 0 Å². The minimum atomic E-state index is -0.133. The van der Waals surface area contributed by atoms with E-state index in [2.05, 4.69) is 41.2 Å². The van der Waals surface area contributed by atoms with Gasteiger partial charge in [-0.15, -0.1) is 11.8 Å². The quantitative estimate of drug-likeness (QED) is 0.377. The van der Waals surface area contributed by atoms with Crippen molar-refractivity contribution in [1.29, 1.82) is 0 Å². The summed E-state index contributed by atoms with van der Waals surface area (Å²) in [5.41, 5.74) is 5.21. The molecule has 0 saturated carbocycles. The summed E-state index contributed by atoms with van der Waals surface area (Å²) in [7, 11) is 1.47. The third kappa shape index (κ3) is 3.56. The van der Waals surface area contributed by atoms with E-state index in [1.54, 1.807) is 11.8 Å². The smallest absolute Gasteiger partial charge is 0.306 e. The second-order valence-electron chi connectivity index (χ2n) is 7.30. The molecule has 0 saturated heterocycles. The predicted octanol–water partition coefficient (Wildman–Crippen LogP) is 6.05. The average Bonchev–Trinajstić information content (AvgIpc) is 3.04. The first-order valence-electron chi connectivity index (χ1n) is 9.61. The van der Waals surface area contributed by atoms with E-state index >= 15 is 0 Å². The van der Waals surface area contributed by atoms with Gasteiger partial charge in [0.2, 0.25) is 0 Å². The highest BCUT2D eigenvalue weighted by atomic mass is 35.5. The highest BCUT2D eigenvalue weighted by Gasteiger charge is 2.30. The van der Waals surface area contributed by atoms with Gasteiger partial charge in [-0.05, 0) is 54.8 Å². The van der Waals surface area contributed by atoms with E-state index in [0.717, 1.165) is 30.8 Å². The molecule has 0 aliphatic heterocycles. The summed E-state index contributed by atoms with van der Waals surface area (Å²) >= 11 is 7.86. The Kier molecular flexibility index (Phi) is 5.70. The number of carbonyl (C=O) groups excluding carboxylic acids is 1. The van der Waals surface area contributed by atoms with Gasteiger partial charge in [-0.1, -0.05) is 35.9 Å². The Morgan fingerprint density at radius 2 is 2.04 bits per heavy atom. The molecule has 0 bridgehead atoms. The lowest BCUT2D eigenvalue weighted by Gasteiger charge is -2.25. The first-order chi connectivity index (χ1) is 13.6. The van der Waals surface area contributed by atoms with Crippen molar-refractivity contribution in [3.8, 4) is 0 Å². The lowest BCUT2D eigenvalue weighted by Crippen LogP contribution is -2.18. The van der Waals surface area contributed by atoms with Gasteiger partial charge in [-0.25, -0.2) is 0 Å². The fourth-order valence-corrected chi connectivity index (χ4v) is 5.20. The fourth-order valence-electron chi connectivity index (χ4n) is 4.44. The number of carbonyl (C=O) groups is 1. The van der Waals surface area contributed by atoms with E-state index in [1.165, 1.54) is 39.7 Å². The second-order valence-corrected chi connectivity index (χ2v) is 8.59. The van der Waals surface area contributed by atoms with Crippen LogP contribution in [0, 0.1) is 0 Å². The molecule has 1 aromatic heterocycles. The van der Waals surface area contributed by atoms with E-state index in [4.69, 9.17) is 16.3 Å². The van der Waals surface area contributed by atoms with E-state index in [-0.39, 0.29) is 11.9 Å². The van der Waals surface area contributed by atoms with E-state index in [9.17, 15) is 4.79 Å². The molecular formula is C23H24ClNO2S. The van der Waals surface area contributed by atoms with Crippen molar-refractivity contribution in [2.45, 2.75) is 43.0 Å². The molecule has 1 unspecified atom stereocenters. The zero-order valence-corrected chi connectivity index (χ0v) is 17.8. The van der Waals surface area contributed by atoms with Crippen LogP contribution in [0.4, 0.5) is 0 Å². The number of nitrogens with zero attached hydrogens (tertiary/aromatic N) is 1. The molecule has 146 valence electrons. The number of para-hydroxylation sites is 1. The molecule has 5 heteroatoms. The largest absolute Gasteiger partial charge is 0.469 e. The lowest BCUT2D eigenvalue weighted by atomic mass is 9.84. The highest BCUT2D eigenvalue weighted by Crippen LogP contribution is 2.43. The van der Waals surface area contributed by atoms with Crippen LogP contribution in [-0.4, -0.2) is 23.9 Å². The normalized spacial score (nSPS) is 16.2. The van der Waals surface area contributed by atoms with Crippen molar-refractivity contribution in [2.75, 3.05) is 13.4 Å². The summed E-state index contributed by atoms with van der Waals surface area (Å²) in [6, 6.07) is 14.6. The SMILES string of the molecule is COC(=O)CC1CCCc2c1n(Cc1ccc(Cl)cc1)c1c(SC)cccc21. The molecule has 0 N–H and O–H groups in total. The highest BCUT2D eigenvalue weighted by molar-refractivity contribution is 7.98. The summed E-state index contributed by atoms with van der Waals surface area (Å²) in [5.74, 6) is 0.0665. The van der Waals surface area contributed by atoms with Crippen LogP contribution in [0.5, 0.6) is 0 Å². The van der Waals surface area contributed by atoms with Gasteiger partial charge in [-0.3, -0.25) is 4.79 Å². The molecule has 0 spiro atoms. The zero-order chi connectivity index (χ0) is 19.7. The summed E-state index contributed by atoms with van der Waals surface area (Å²) in [5, 5.41) is 2.07. The molecule has 3 nitrogen and oxygen atoms in total. The van der Waals surface area contributed by atoms with Crippen molar-refractivity contribution in [1.82, 2.24) is 4.57 Å². The number of methoxy groups -OCH3 is 1. The molecular weight excluding hydrogens is 390 g/mol. The molecule has 0 fully saturated rings. The number of halogens is 1. The van der Waals surface area contributed by atoms with Gasteiger partial charge in [0.25, 0.3) is 0 Å². The Morgan fingerprint density at radius 3 is 2.75 bits per heavy atom. The minimum absolute atomic E-state index is 0.133. The number of fused-ring (bicyclic) bond motifs is 3. The maximum atomic E-state index is 12.1.